The van der Waals surface area contributed by atoms with Crippen molar-refractivity contribution in [3.8, 4) is 22.6 Å². The minimum atomic E-state index is -0.412. The number of H-pyrrole nitrogens is 1. The highest BCUT2D eigenvalue weighted by molar-refractivity contribution is 5.97. The molecule has 0 aliphatic carbocycles. The molecule has 0 radical (unpaired) electrons. The molecule has 1 aliphatic heterocycles. The Kier molecular flexibility index (Phi) is 6.64. The predicted molar refractivity (Wildman–Crippen MR) is 155 cm³/mol. The summed E-state index contributed by atoms with van der Waals surface area (Å²) in [6, 6.07) is 13.9. The van der Waals surface area contributed by atoms with Crippen molar-refractivity contribution >= 4 is 23.2 Å². The van der Waals surface area contributed by atoms with Crippen LogP contribution in [0.15, 0.2) is 61.1 Å². The van der Waals surface area contributed by atoms with Crippen molar-refractivity contribution in [2.24, 2.45) is 0 Å². The number of carbonyl (C=O) groups is 1. The smallest absolute Gasteiger partial charge is 0.274 e. The van der Waals surface area contributed by atoms with Crippen LogP contribution >= 0.6 is 0 Å². The minimum absolute atomic E-state index is 0.0545. The number of carbonyl (C=O) groups excluding carboxylic acids is 1. The third-order valence-electron chi connectivity index (χ3n) is 7.46. The molecule has 5 aromatic rings. The van der Waals surface area contributed by atoms with Crippen LogP contribution in [-0.4, -0.2) is 72.9 Å². The van der Waals surface area contributed by atoms with Gasteiger partial charge in [0.15, 0.2) is 11.5 Å². The van der Waals surface area contributed by atoms with Crippen LogP contribution in [0.4, 0.5) is 11.6 Å². The van der Waals surface area contributed by atoms with Gasteiger partial charge in [-0.3, -0.25) is 4.79 Å². The van der Waals surface area contributed by atoms with Crippen LogP contribution in [0.1, 0.15) is 28.8 Å². The SMILES string of the molecule is Cc1cnc2ccc(-c3nc(C(=O)NCc4cccc(N5CCN(C)[C@H](C)C5)n4)c(N)nc3-c3ccc[nH]3)cn12. The van der Waals surface area contributed by atoms with Gasteiger partial charge in [0.05, 0.1) is 17.9 Å². The molecular weight excluding hydrogens is 504 g/mol. The Morgan fingerprint density at radius 3 is 2.77 bits per heavy atom. The van der Waals surface area contributed by atoms with Gasteiger partial charge in [0.25, 0.3) is 5.91 Å². The van der Waals surface area contributed by atoms with Crippen molar-refractivity contribution in [2.45, 2.75) is 26.4 Å². The number of likely N-dealkylation sites (N-methyl/N-ethyl adjacent to an activating group) is 1. The first-order chi connectivity index (χ1) is 19.4. The van der Waals surface area contributed by atoms with E-state index in [-0.39, 0.29) is 18.1 Å². The highest BCUT2D eigenvalue weighted by atomic mass is 16.1. The van der Waals surface area contributed by atoms with Gasteiger partial charge < -0.3 is 30.2 Å². The fourth-order valence-corrected chi connectivity index (χ4v) is 4.98. The molecule has 11 heteroatoms. The first-order valence-corrected chi connectivity index (χ1v) is 13.3. The lowest BCUT2D eigenvalue weighted by Gasteiger charge is -2.38. The van der Waals surface area contributed by atoms with Crippen LogP contribution in [0.2, 0.25) is 0 Å². The van der Waals surface area contributed by atoms with E-state index >= 15 is 0 Å². The summed E-state index contributed by atoms with van der Waals surface area (Å²) >= 11 is 0. The minimum Gasteiger partial charge on any atom is -0.382 e. The van der Waals surface area contributed by atoms with Crippen molar-refractivity contribution < 1.29 is 4.79 Å². The molecule has 1 atom stereocenters. The van der Waals surface area contributed by atoms with E-state index in [1.165, 1.54) is 0 Å². The average molecular weight is 537 g/mol. The lowest BCUT2D eigenvalue weighted by Crippen LogP contribution is -2.50. The normalized spacial score (nSPS) is 16.0. The lowest BCUT2D eigenvalue weighted by molar-refractivity contribution is 0.0946. The van der Waals surface area contributed by atoms with E-state index in [9.17, 15) is 4.79 Å². The Morgan fingerprint density at radius 1 is 1.10 bits per heavy atom. The summed E-state index contributed by atoms with van der Waals surface area (Å²) in [6.07, 6.45) is 5.57. The van der Waals surface area contributed by atoms with Crippen LogP contribution in [0.3, 0.4) is 0 Å². The molecule has 4 N–H and O–H groups in total. The Balaban J connectivity index is 1.28. The molecule has 1 fully saturated rings. The number of imidazole rings is 1. The first kappa shape index (κ1) is 25.5. The zero-order chi connectivity index (χ0) is 27.8. The highest BCUT2D eigenvalue weighted by Gasteiger charge is 2.23. The highest BCUT2D eigenvalue weighted by Crippen LogP contribution is 2.30. The number of amides is 1. The fraction of sp³-hybridized carbons (Fsp3) is 0.276. The van der Waals surface area contributed by atoms with Gasteiger partial charge >= 0.3 is 0 Å². The summed E-state index contributed by atoms with van der Waals surface area (Å²) in [4.78, 5) is 39.7. The number of anilines is 2. The Hall–Kier alpha value is -4.77. The second-order valence-corrected chi connectivity index (χ2v) is 10.2. The Morgan fingerprint density at radius 2 is 1.98 bits per heavy atom. The molecule has 6 heterocycles. The summed E-state index contributed by atoms with van der Waals surface area (Å²) in [5.74, 6) is 0.553. The van der Waals surface area contributed by atoms with E-state index < -0.39 is 5.91 Å². The number of fused-ring (bicyclic) bond motifs is 1. The second-order valence-electron chi connectivity index (χ2n) is 10.2. The Bertz CT molecular complexity index is 1680. The van der Waals surface area contributed by atoms with E-state index in [0.29, 0.717) is 17.4 Å². The molecule has 0 aromatic carbocycles. The summed E-state index contributed by atoms with van der Waals surface area (Å²) in [6.45, 7) is 7.24. The van der Waals surface area contributed by atoms with Gasteiger partial charge in [0, 0.05) is 55.5 Å². The Labute approximate surface area is 232 Å². The van der Waals surface area contributed by atoms with Gasteiger partial charge in [-0.15, -0.1) is 0 Å². The molecule has 0 saturated carbocycles. The van der Waals surface area contributed by atoms with E-state index in [4.69, 9.17) is 15.7 Å². The van der Waals surface area contributed by atoms with Crippen molar-refractivity contribution in [3.05, 3.63) is 78.1 Å². The molecular formula is C29H32N10O. The number of nitrogens with one attached hydrogen (secondary N) is 2. The van der Waals surface area contributed by atoms with Gasteiger partial charge in [0.2, 0.25) is 0 Å². The molecule has 204 valence electrons. The maximum absolute atomic E-state index is 13.4. The molecule has 0 unspecified atom stereocenters. The molecule has 11 nitrogen and oxygen atoms in total. The first-order valence-electron chi connectivity index (χ1n) is 13.3. The number of nitrogens with two attached hydrogens (primary N) is 1. The van der Waals surface area contributed by atoms with Crippen molar-refractivity contribution in [2.75, 3.05) is 37.3 Å². The van der Waals surface area contributed by atoms with Crippen LogP contribution in [-0.2, 0) is 6.54 Å². The van der Waals surface area contributed by atoms with Crippen molar-refractivity contribution in [1.82, 2.24) is 39.5 Å². The van der Waals surface area contributed by atoms with Crippen molar-refractivity contribution in [1.29, 1.82) is 0 Å². The quantitative estimate of drug-likeness (QED) is 0.301. The zero-order valence-electron chi connectivity index (χ0n) is 22.8. The van der Waals surface area contributed by atoms with Gasteiger partial charge in [-0.2, -0.15) is 0 Å². The van der Waals surface area contributed by atoms with Crippen LogP contribution in [0, 0.1) is 6.92 Å². The molecule has 5 aromatic heterocycles. The zero-order valence-corrected chi connectivity index (χ0v) is 22.8. The topological polar surface area (TPSA) is 133 Å². The van der Waals surface area contributed by atoms with E-state index in [1.807, 2.05) is 72.4 Å². The molecule has 1 saturated heterocycles. The summed E-state index contributed by atoms with van der Waals surface area (Å²) in [5.41, 5.74) is 11.6. The number of aromatic nitrogens is 6. The van der Waals surface area contributed by atoms with E-state index in [0.717, 1.165) is 53.7 Å². The largest absolute Gasteiger partial charge is 0.382 e. The van der Waals surface area contributed by atoms with Gasteiger partial charge in [0.1, 0.15) is 22.9 Å². The summed E-state index contributed by atoms with van der Waals surface area (Å²) in [7, 11) is 2.14. The average Bonchev–Trinajstić information content (AvgIpc) is 3.63. The van der Waals surface area contributed by atoms with Gasteiger partial charge in [-0.25, -0.2) is 19.9 Å². The number of pyridine rings is 2. The third kappa shape index (κ3) is 4.87. The predicted octanol–water partition coefficient (Wildman–Crippen LogP) is 3.14. The van der Waals surface area contributed by atoms with Crippen LogP contribution in [0.25, 0.3) is 28.3 Å². The number of nitrogen functional groups attached to an aromatic ring is 1. The van der Waals surface area contributed by atoms with Crippen molar-refractivity contribution in [3.63, 3.8) is 0 Å². The van der Waals surface area contributed by atoms with Crippen LogP contribution < -0.4 is 16.0 Å². The standard InChI is InChI=1S/C29H32N10O/c1-18-14-32-23-10-9-20(17-39(18)23)25-26(22-7-5-11-31-22)36-28(30)27(35-25)29(40)33-15-21-6-4-8-24(34-21)38-13-12-37(3)19(2)16-38/h4-11,14,17,19,31H,12-13,15-16H2,1-3H3,(H2,30,36)(H,33,40)/t19-/m1/s1. The monoisotopic (exact) mass is 536 g/mol. The number of rotatable bonds is 6. The molecule has 40 heavy (non-hydrogen) atoms. The van der Waals surface area contributed by atoms with E-state index in [2.05, 4.69) is 44.0 Å². The molecule has 6 rings (SSSR count). The molecule has 1 aliphatic rings. The summed E-state index contributed by atoms with van der Waals surface area (Å²) in [5, 5.41) is 2.94. The number of aromatic amines is 1. The van der Waals surface area contributed by atoms with Crippen LogP contribution in [0.5, 0.6) is 0 Å². The van der Waals surface area contributed by atoms with Gasteiger partial charge in [-0.1, -0.05) is 6.07 Å². The second kappa shape index (κ2) is 10.4. The fourth-order valence-electron chi connectivity index (χ4n) is 4.98. The molecule has 0 bridgehead atoms. The number of nitrogens with zero attached hydrogens (tertiary/aromatic N) is 7. The number of hydrogen-bond donors (Lipinski definition) is 3. The number of hydrogen-bond acceptors (Lipinski definition) is 8. The lowest BCUT2D eigenvalue weighted by atomic mass is 10.1. The molecule has 0 spiro atoms. The molecule has 1 amide bonds. The number of piperazine rings is 1. The maximum atomic E-state index is 13.4. The van der Waals surface area contributed by atoms with Gasteiger partial charge in [-0.05, 0) is 57.3 Å². The third-order valence-corrected chi connectivity index (χ3v) is 7.46. The number of aryl methyl sites for hydroxylation is 1. The maximum Gasteiger partial charge on any atom is 0.274 e. The summed E-state index contributed by atoms with van der Waals surface area (Å²) < 4.78 is 1.98. The van der Waals surface area contributed by atoms with E-state index in [1.54, 1.807) is 0 Å².